The van der Waals surface area contributed by atoms with Crippen LogP contribution in [0.3, 0.4) is 0 Å². The van der Waals surface area contributed by atoms with E-state index in [1.165, 1.54) is 13.5 Å². The molecule has 1 aromatic rings. The Bertz CT molecular complexity index is 327. The number of rotatable bonds is 2. The highest BCUT2D eigenvalue weighted by Gasteiger charge is 2.18. The van der Waals surface area contributed by atoms with Gasteiger partial charge in [-0.25, -0.2) is 4.79 Å². The molecule has 0 bridgehead atoms. The first-order valence-corrected chi connectivity index (χ1v) is 4.81. The summed E-state index contributed by atoms with van der Waals surface area (Å²) in [5.41, 5.74) is 1.67. The number of aromatic nitrogens is 1. The average Bonchev–Trinajstić information content (AvgIpc) is 2.86. The van der Waals surface area contributed by atoms with Crippen LogP contribution in [0.4, 0.5) is 0 Å². The first-order valence-electron chi connectivity index (χ1n) is 4.81. The van der Waals surface area contributed by atoms with Gasteiger partial charge in [-0.2, -0.15) is 0 Å². The molecule has 4 heteroatoms. The van der Waals surface area contributed by atoms with E-state index >= 15 is 0 Å². The van der Waals surface area contributed by atoms with Crippen molar-refractivity contribution in [1.29, 1.82) is 0 Å². The van der Waals surface area contributed by atoms with Crippen molar-refractivity contribution in [2.75, 3.05) is 13.7 Å². The van der Waals surface area contributed by atoms with Gasteiger partial charge in [0.2, 0.25) is 0 Å². The zero-order chi connectivity index (χ0) is 9.97. The van der Waals surface area contributed by atoms with E-state index in [0.717, 1.165) is 18.5 Å². The molecule has 1 atom stereocenters. The maximum absolute atomic E-state index is 11.2. The molecule has 1 fully saturated rings. The number of carbonyl (C=O) groups is 1. The predicted octanol–water partition coefficient (Wildman–Crippen LogP) is 1.23. The number of H-pyrrole nitrogens is 1. The molecule has 0 saturated carbocycles. The second-order valence-corrected chi connectivity index (χ2v) is 3.49. The highest BCUT2D eigenvalue weighted by Crippen LogP contribution is 2.23. The van der Waals surface area contributed by atoms with Gasteiger partial charge < -0.3 is 15.0 Å². The molecule has 1 aromatic heterocycles. The van der Waals surface area contributed by atoms with Crippen LogP contribution in [0.5, 0.6) is 0 Å². The summed E-state index contributed by atoms with van der Waals surface area (Å²) in [6.45, 7) is 1.06. The smallest absolute Gasteiger partial charge is 0.354 e. The van der Waals surface area contributed by atoms with Crippen LogP contribution in [0.1, 0.15) is 34.9 Å². The maximum atomic E-state index is 11.2. The minimum Gasteiger partial charge on any atom is -0.464 e. The molecule has 2 N–H and O–H groups in total. The molecule has 1 saturated heterocycles. The highest BCUT2D eigenvalue weighted by atomic mass is 16.5. The van der Waals surface area contributed by atoms with Gasteiger partial charge in [0, 0.05) is 12.2 Å². The molecule has 4 nitrogen and oxygen atoms in total. The molecule has 0 radical (unpaired) electrons. The zero-order valence-corrected chi connectivity index (χ0v) is 8.17. The van der Waals surface area contributed by atoms with E-state index in [1.807, 2.05) is 12.3 Å². The number of nitrogens with one attached hydrogen (secondary N) is 2. The van der Waals surface area contributed by atoms with Gasteiger partial charge in [-0.05, 0) is 31.0 Å². The molecule has 0 aliphatic carbocycles. The number of esters is 1. The van der Waals surface area contributed by atoms with Crippen LogP contribution in [-0.2, 0) is 4.74 Å². The molecule has 0 spiro atoms. The number of aromatic amines is 1. The molecule has 14 heavy (non-hydrogen) atoms. The van der Waals surface area contributed by atoms with Crippen molar-refractivity contribution in [2.45, 2.75) is 18.9 Å². The largest absolute Gasteiger partial charge is 0.464 e. The topological polar surface area (TPSA) is 54.1 Å². The van der Waals surface area contributed by atoms with Crippen molar-refractivity contribution in [2.24, 2.45) is 0 Å². The van der Waals surface area contributed by atoms with Gasteiger partial charge in [0.25, 0.3) is 0 Å². The Morgan fingerprint density at radius 2 is 2.50 bits per heavy atom. The predicted molar refractivity (Wildman–Crippen MR) is 52.1 cm³/mol. The molecule has 1 aliphatic rings. The lowest BCUT2D eigenvalue weighted by molar-refractivity contribution is 0.0595. The lowest BCUT2D eigenvalue weighted by atomic mass is 10.1. The second-order valence-electron chi connectivity index (χ2n) is 3.49. The van der Waals surface area contributed by atoms with Gasteiger partial charge in [-0.1, -0.05) is 0 Å². The minimum atomic E-state index is -0.311. The first-order chi connectivity index (χ1) is 6.81. The molecule has 0 aromatic carbocycles. The number of carbonyl (C=O) groups excluding carboxylic acids is 1. The maximum Gasteiger partial charge on any atom is 0.354 e. The molecular weight excluding hydrogens is 180 g/mol. The van der Waals surface area contributed by atoms with Crippen LogP contribution in [0, 0.1) is 0 Å². The summed E-state index contributed by atoms with van der Waals surface area (Å²) in [6, 6.07) is 2.25. The molecule has 2 heterocycles. The summed E-state index contributed by atoms with van der Waals surface area (Å²) in [5, 5.41) is 3.37. The Morgan fingerprint density at radius 3 is 3.14 bits per heavy atom. The van der Waals surface area contributed by atoms with Gasteiger partial charge in [-0.3, -0.25) is 0 Å². The number of methoxy groups -OCH3 is 1. The zero-order valence-electron chi connectivity index (χ0n) is 8.17. The van der Waals surface area contributed by atoms with Crippen molar-refractivity contribution < 1.29 is 9.53 Å². The lowest BCUT2D eigenvalue weighted by Crippen LogP contribution is -2.11. The summed E-state index contributed by atoms with van der Waals surface area (Å²) in [5.74, 6) is -0.311. The number of hydrogen-bond acceptors (Lipinski definition) is 3. The third kappa shape index (κ3) is 1.65. The van der Waals surface area contributed by atoms with Crippen molar-refractivity contribution in [3.63, 3.8) is 0 Å². The Kier molecular flexibility index (Phi) is 2.54. The van der Waals surface area contributed by atoms with Crippen LogP contribution in [0.25, 0.3) is 0 Å². The van der Waals surface area contributed by atoms with Crippen molar-refractivity contribution in [3.8, 4) is 0 Å². The summed E-state index contributed by atoms with van der Waals surface area (Å²) >= 11 is 0. The Hall–Kier alpha value is -1.29. The third-order valence-electron chi connectivity index (χ3n) is 2.57. The Balaban J connectivity index is 2.12. The SMILES string of the molecule is COC(=O)c1cc([C@H]2CCCN2)c[nH]1. The summed E-state index contributed by atoms with van der Waals surface area (Å²) in [4.78, 5) is 14.1. The average molecular weight is 194 g/mol. The van der Waals surface area contributed by atoms with Gasteiger partial charge >= 0.3 is 5.97 Å². The molecule has 76 valence electrons. The van der Waals surface area contributed by atoms with Crippen LogP contribution in [0.2, 0.25) is 0 Å². The van der Waals surface area contributed by atoms with Crippen molar-refractivity contribution >= 4 is 5.97 Å². The Labute approximate surface area is 82.6 Å². The number of ether oxygens (including phenoxy) is 1. The molecule has 0 amide bonds. The Morgan fingerprint density at radius 1 is 1.64 bits per heavy atom. The van der Waals surface area contributed by atoms with Crippen LogP contribution < -0.4 is 5.32 Å². The van der Waals surface area contributed by atoms with Crippen molar-refractivity contribution in [3.05, 3.63) is 23.5 Å². The van der Waals surface area contributed by atoms with Crippen LogP contribution >= 0.6 is 0 Å². The van der Waals surface area contributed by atoms with Crippen LogP contribution in [0.15, 0.2) is 12.3 Å². The van der Waals surface area contributed by atoms with Gasteiger partial charge in [0.1, 0.15) is 5.69 Å². The quantitative estimate of drug-likeness (QED) is 0.696. The van der Waals surface area contributed by atoms with E-state index in [0.29, 0.717) is 11.7 Å². The highest BCUT2D eigenvalue weighted by molar-refractivity contribution is 5.87. The fourth-order valence-electron chi connectivity index (χ4n) is 1.81. The normalized spacial score (nSPS) is 21.1. The monoisotopic (exact) mass is 194 g/mol. The fraction of sp³-hybridized carbons (Fsp3) is 0.500. The van der Waals surface area contributed by atoms with E-state index in [2.05, 4.69) is 15.0 Å². The summed E-state index contributed by atoms with van der Waals surface area (Å²) in [7, 11) is 1.39. The number of hydrogen-bond donors (Lipinski definition) is 2. The first kappa shape index (κ1) is 9.27. The second kappa shape index (κ2) is 3.84. The van der Waals surface area contributed by atoms with E-state index in [-0.39, 0.29) is 5.97 Å². The fourth-order valence-corrected chi connectivity index (χ4v) is 1.81. The van der Waals surface area contributed by atoms with Gasteiger partial charge in [0.05, 0.1) is 7.11 Å². The van der Waals surface area contributed by atoms with E-state index in [9.17, 15) is 4.79 Å². The lowest BCUT2D eigenvalue weighted by Gasteiger charge is -2.05. The van der Waals surface area contributed by atoms with Crippen LogP contribution in [-0.4, -0.2) is 24.6 Å². The standard InChI is InChI=1S/C10H14N2O2/c1-14-10(13)9-5-7(6-12-9)8-3-2-4-11-8/h5-6,8,11-12H,2-4H2,1H3/t8-/m1/s1. The third-order valence-corrected chi connectivity index (χ3v) is 2.57. The summed E-state index contributed by atoms with van der Waals surface area (Å²) in [6.07, 6.45) is 4.21. The van der Waals surface area contributed by atoms with Gasteiger partial charge in [0.15, 0.2) is 0 Å². The molecule has 1 aliphatic heterocycles. The molecular formula is C10H14N2O2. The molecule has 0 unspecified atom stereocenters. The van der Waals surface area contributed by atoms with E-state index in [4.69, 9.17) is 0 Å². The van der Waals surface area contributed by atoms with E-state index in [1.54, 1.807) is 0 Å². The minimum absolute atomic E-state index is 0.311. The van der Waals surface area contributed by atoms with Crippen molar-refractivity contribution in [1.82, 2.24) is 10.3 Å². The van der Waals surface area contributed by atoms with Gasteiger partial charge in [-0.15, -0.1) is 0 Å². The molecule has 2 rings (SSSR count). The van der Waals surface area contributed by atoms with E-state index < -0.39 is 0 Å². The summed E-state index contributed by atoms with van der Waals surface area (Å²) < 4.78 is 4.62.